The number of rotatable bonds is 2. The van der Waals surface area contributed by atoms with Crippen LogP contribution in [0.2, 0.25) is 0 Å². The van der Waals surface area contributed by atoms with Gasteiger partial charge in [-0.15, -0.1) is 0 Å². The molecule has 0 aliphatic rings. The van der Waals surface area contributed by atoms with E-state index in [2.05, 4.69) is 15.4 Å². The van der Waals surface area contributed by atoms with Crippen LogP contribution >= 0.6 is 0 Å². The molecule has 66 valence electrons. The highest BCUT2D eigenvalue weighted by molar-refractivity contribution is 5.23. The predicted molar refractivity (Wildman–Crippen MR) is 45.8 cm³/mol. The zero-order chi connectivity index (χ0) is 9.10. The van der Waals surface area contributed by atoms with Gasteiger partial charge in [-0.05, 0) is 5.56 Å². The van der Waals surface area contributed by atoms with E-state index in [1.54, 1.807) is 24.3 Å². The van der Waals surface area contributed by atoms with Crippen molar-refractivity contribution in [2.75, 3.05) is 0 Å². The highest BCUT2D eigenvalue weighted by atomic mass is 19.1. The fourth-order valence-electron chi connectivity index (χ4n) is 1.13. The number of halogens is 1. The lowest BCUT2D eigenvalue weighted by Gasteiger charge is -2.02. The summed E-state index contributed by atoms with van der Waals surface area (Å²) in [7, 11) is 0. The van der Waals surface area contributed by atoms with E-state index in [-0.39, 0.29) is 0 Å². The van der Waals surface area contributed by atoms with E-state index in [1.165, 1.54) is 6.20 Å². The third-order valence-corrected chi connectivity index (χ3v) is 1.79. The molecule has 13 heavy (non-hydrogen) atoms. The molecule has 0 aliphatic carbocycles. The van der Waals surface area contributed by atoms with Crippen LogP contribution in [-0.4, -0.2) is 15.4 Å². The Morgan fingerprint density at radius 2 is 2.00 bits per heavy atom. The van der Waals surface area contributed by atoms with Gasteiger partial charge in [-0.25, -0.2) is 4.39 Å². The monoisotopic (exact) mass is 177 g/mol. The Labute approximate surface area is 74.6 Å². The van der Waals surface area contributed by atoms with Crippen molar-refractivity contribution in [3.8, 4) is 0 Å². The van der Waals surface area contributed by atoms with Gasteiger partial charge in [0.05, 0.1) is 6.20 Å². The Hall–Kier alpha value is -1.71. The number of hydrogen-bond acceptors (Lipinski definition) is 2. The summed E-state index contributed by atoms with van der Waals surface area (Å²) in [6, 6.07) is 8.88. The molecule has 0 amide bonds. The lowest BCUT2D eigenvalue weighted by Crippen LogP contribution is -1.94. The summed E-state index contributed by atoms with van der Waals surface area (Å²) in [5.74, 6) is 0. The number of nitrogens with zero attached hydrogens (tertiary/aromatic N) is 2. The van der Waals surface area contributed by atoms with Crippen molar-refractivity contribution in [2.24, 2.45) is 0 Å². The van der Waals surface area contributed by atoms with Crippen LogP contribution in [0, 0.1) is 0 Å². The zero-order valence-corrected chi connectivity index (χ0v) is 6.81. The van der Waals surface area contributed by atoms with Crippen LogP contribution < -0.4 is 0 Å². The fourth-order valence-corrected chi connectivity index (χ4v) is 1.13. The molecule has 0 saturated carbocycles. The summed E-state index contributed by atoms with van der Waals surface area (Å²) in [6.07, 6.45) is 0.192. The van der Waals surface area contributed by atoms with Crippen LogP contribution in [0.5, 0.6) is 0 Å². The molecule has 3 nitrogen and oxygen atoms in total. The van der Waals surface area contributed by atoms with Gasteiger partial charge in [0.25, 0.3) is 0 Å². The summed E-state index contributed by atoms with van der Waals surface area (Å²) in [6.45, 7) is 0. The van der Waals surface area contributed by atoms with Gasteiger partial charge in [-0.3, -0.25) is 0 Å². The topological polar surface area (TPSA) is 41.6 Å². The van der Waals surface area contributed by atoms with Crippen molar-refractivity contribution < 1.29 is 4.39 Å². The zero-order valence-electron chi connectivity index (χ0n) is 6.81. The van der Waals surface area contributed by atoms with Gasteiger partial charge in [-0.2, -0.15) is 15.4 Å². The van der Waals surface area contributed by atoms with Crippen LogP contribution in [-0.2, 0) is 0 Å². The quantitative estimate of drug-likeness (QED) is 0.760. The molecular weight excluding hydrogens is 169 g/mol. The number of aromatic nitrogens is 3. The predicted octanol–water partition coefficient (Wildman–Crippen LogP) is 1.86. The maximum absolute atomic E-state index is 13.6. The molecule has 1 atom stereocenters. The molecule has 0 spiro atoms. The first-order valence-electron chi connectivity index (χ1n) is 3.92. The summed E-state index contributed by atoms with van der Waals surface area (Å²) in [4.78, 5) is 0. The summed E-state index contributed by atoms with van der Waals surface area (Å²) < 4.78 is 13.6. The van der Waals surface area contributed by atoms with E-state index >= 15 is 0 Å². The fraction of sp³-hybridized carbons (Fsp3) is 0.111. The average Bonchev–Trinajstić information content (AvgIpc) is 2.71. The Morgan fingerprint density at radius 3 is 2.62 bits per heavy atom. The van der Waals surface area contributed by atoms with E-state index in [1.807, 2.05) is 6.07 Å². The second kappa shape index (κ2) is 3.35. The van der Waals surface area contributed by atoms with Crippen molar-refractivity contribution in [1.82, 2.24) is 15.4 Å². The number of H-pyrrole nitrogens is 1. The van der Waals surface area contributed by atoms with Crippen molar-refractivity contribution in [3.63, 3.8) is 0 Å². The Bertz CT molecular complexity index is 358. The molecule has 0 aliphatic heterocycles. The molecule has 1 aromatic heterocycles. The highest BCUT2D eigenvalue weighted by Crippen LogP contribution is 2.22. The first-order chi connectivity index (χ1) is 6.38. The van der Waals surface area contributed by atoms with Gasteiger partial charge in [0, 0.05) is 0 Å². The van der Waals surface area contributed by atoms with Crippen LogP contribution in [0.4, 0.5) is 4.39 Å². The molecule has 1 aromatic carbocycles. The van der Waals surface area contributed by atoms with Gasteiger partial charge in [0.2, 0.25) is 0 Å². The third kappa shape index (κ3) is 1.56. The molecule has 1 unspecified atom stereocenters. The molecule has 0 saturated heterocycles. The van der Waals surface area contributed by atoms with Crippen LogP contribution in [0.1, 0.15) is 17.4 Å². The maximum atomic E-state index is 13.6. The molecule has 0 fully saturated rings. The van der Waals surface area contributed by atoms with Crippen LogP contribution in [0.3, 0.4) is 0 Å². The van der Waals surface area contributed by atoms with E-state index in [9.17, 15) is 4.39 Å². The summed E-state index contributed by atoms with van der Waals surface area (Å²) in [5, 5.41) is 9.61. The Morgan fingerprint density at radius 1 is 1.23 bits per heavy atom. The van der Waals surface area contributed by atoms with Gasteiger partial charge >= 0.3 is 0 Å². The Balaban J connectivity index is 2.29. The maximum Gasteiger partial charge on any atom is 0.170 e. The van der Waals surface area contributed by atoms with Gasteiger partial charge < -0.3 is 0 Å². The molecular formula is C9H8FN3. The van der Waals surface area contributed by atoms with Gasteiger partial charge in [-0.1, -0.05) is 30.3 Å². The average molecular weight is 177 g/mol. The molecule has 0 radical (unpaired) electrons. The first kappa shape index (κ1) is 7.91. The standard InChI is InChI=1S/C9H8FN3/c10-9(8-6-11-13-12-8)7-4-2-1-3-5-7/h1-6,9H,(H,11,12,13). The minimum absolute atomic E-state index is 0.311. The van der Waals surface area contributed by atoms with E-state index < -0.39 is 6.17 Å². The third-order valence-electron chi connectivity index (χ3n) is 1.79. The number of nitrogens with one attached hydrogen (secondary N) is 1. The number of benzene rings is 1. The largest absolute Gasteiger partial charge is 0.235 e. The minimum atomic E-state index is -1.19. The second-order valence-electron chi connectivity index (χ2n) is 2.67. The lowest BCUT2D eigenvalue weighted by molar-refractivity contribution is 0.393. The molecule has 1 N–H and O–H groups in total. The van der Waals surface area contributed by atoms with E-state index in [4.69, 9.17) is 0 Å². The van der Waals surface area contributed by atoms with E-state index in [0.717, 1.165) is 0 Å². The molecule has 2 aromatic rings. The normalized spacial score (nSPS) is 12.7. The van der Waals surface area contributed by atoms with Gasteiger partial charge in [0.15, 0.2) is 6.17 Å². The summed E-state index contributed by atoms with van der Waals surface area (Å²) in [5.41, 5.74) is 0.905. The van der Waals surface area contributed by atoms with Crippen molar-refractivity contribution >= 4 is 0 Å². The lowest BCUT2D eigenvalue weighted by atomic mass is 10.1. The van der Waals surface area contributed by atoms with Crippen LogP contribution in [0.15, 0.2) is 36.5 Å². The molecule has 1 heterocycles. The molecule has 0 bridgehead atoms. The number of hydrogen-bond donors (Lipinski definition) is 1. The summed E-state index contributed by atoms with van der Waals surface area (Å²) >= 11 is 0. The second-order valence-corrected chi connectivity index (χ2v) is 2.67. The Kier molecular flexibility index (Phi) is 2.04. The van der Waals surface area contributed by atoms with Crippen LogP contribution in [0.25, 0.3) is 0 Å². The minimum Gasteiger partial charge on any atom is -0.235 e. The SMILES string of the molecule is FC(c1ccccc1)c1cn[nH]n1. The van der Waals surface area contributed by atoms with Crippen molar-refractivity contribution in [2.45, 2.75) is 6.17 Å². The van der Waals surface area contributed by atoms with E-state index in [0.29, 0.717) is 11.3 Å². The van der Waals surface area contributed by atoms with Crippen molar-refractivity contribution in [3.05, 3.63) is 47.8 Å². The van der Waals surface area contributed by atoms with Crippen molar-refractivity contribution in [1.29, 1.82) is 0 Å². The molecule has 2 rings (SSSR count). The number of aromatic amines is 1. The first-order valence-corrected chi connectivity index (χ1v) is 3.92. The van der Waals surface area contributed by atoms with Gasteiger partial charge in [0.1, 0.15) is 5.69 Å². The number of alkyl halides is 1. The molecule has 4 heteroatoms. The highest BCUT2D eigenvalue weighted by Gasteiger charge is 2.14. The smallest absolute Gasteiger partial charge is 0.170 e.